The van der Waals surface area contributed by atoms with Gasteiger partial charge in [-0.05, 0) is 12.1 Å². The molecular formula is C17H18N4O4S. The molecule has 0 amide bonds. The van der Waals surface area contributed by atoms with Gasteiger partial charge >= 0.3 is 0 Å². The summed E-state index contributed by atoms with van der Waals surface area (Å²) in [6.07, 6.45) is -0.426. The lowest BCUT2D eigenvalue weighted by Gasteiger charge is -2.23. The molecule has 2 aromatic heterocycles. The number of para-hydroxylation sites is 2. The minimum absolute atomic E-state index is 0.178. The highest BCUT2D eigenvalue weighted by atomic mass is 32.2. The van der Waals surface area contributed by atoms with E-state index in [0.29, 0.717) is 46.7 Å². The molecule has 3 heterocycles. The number of ether oxygens (including phenoxy) is 2. The first kappa shape index (κ1) is 16.9. The maximum atomic E-state index is 5.86. The lowest BCUT2D eigenvalue weighted by molar-refractivity contribution is 0.0686. The lowest BCUT2D eigenvalue weighted by Crippen LogP contribution is -2.21. The quantitative estimate of drug-likeness (QED) is 0.635. The molecule has 1 unspecified atom stereocenters. The summed E-state index contributed by atoms with van der Waals surface area (Å²) in [5, 5.41) is 12.5. The number of benzene rings is 1. The molecule has 0 fully saturated rings. The van der Waals surface area contributed by atoms with Gasteiger partial charge in [-0.2, -0.15) is 4.98 Å². The third-order valence-electron chi connectivity index (χ3n) is 3.64. The van der Waals surface area contributed by atoms with Crippen molar-refractivity contribution in [2.45, 2.75) is 43.3 Å². The SMILES string of the molecule is CC(C)(C)c1nc(CSc2nnc(C3COc4ccccc4O3)o2)no1. The number of aromatic nitrogens is 4. The summed E-state index contributed by atoms with van der Waals surface area (Å²) in [5.41, 5.74) is -0.178. The fraction of sp³-hybridized carbons (Fsp3) is 0.412. The van der Waals surface area contributed by atoms with Crippen molar-refractivity contribution in [3.63, 3.8) is 0 Å². The number of hydrogen-bond donors (Lipinski definition) is 0. The van der Waals surface area contributed by atoms with Gasteiger partial charge in [0.1, 0.15) is 6.61 Å². The van der Waals surface area contributed by atoms with Crippen LogP contribution >= 0.6 is 11.8 Å². The Labute approximate surface area is 154 Å². The van der Waals surface area contributed by atoms with Gasteiger partial charge in [-0.25, -0.2) is 0 Å². The molecule has 0 N–H and O–H groups in total. The average Bonchev–Trinajstić information content (AvgIpc) is 3.28. The minimum Gasteiger partial charge on any atom is -0.485 e. The summed E-state index contributed by atoms with van der Waals surface area (Å²) in [5.74, 6) is 3.43. The van der Waals surface area contributed by atoms with E-state index in [1.54, 1.807) is 0 Å². The van der Waals surface area contributed by atoms with Gasteiger partial charge in [0.2, 0.25) is 12.0 Å². The maximum absolute atomic E-state index is 5.86. The Kier molecular flexibility index (Phi) is 4.31. The van der Waals surface area contributed by atoms with Crippen LogP contribution in [0, 0.1) is 0 Å². The van der Waals surface area contributed by atoms with E-state index in [0.717, 1.165) is 0 Å². The summed E-state index contributed by atoms with van der Waals surface area (Å²) in [6.45, 7) is 6.38. The zero-order valence-corrected chi connectivity index (χ0v) is 15.4. The minimum atomic E-state index is -0.426. The van der Waals surface area contributed by atoms with Crippen LogP contribution < -0.4 is 9.47 Å². The predicted molar refractivity (Wildman–Crippen MR) is 92.2 cm³/mol. The van der Waals surface area contributed by atoms with E-state index in [4.69, 9.17) is 18.4 Å². The van der Waals surface area contributed by atoms with Crippen molar-refractivity contribution in [2.75, 3.05) is 6.61 Å². The third kappa shape index (κ3) is 3.52. The Morgan fingerprint density at radius 3 is 2.73 bits per heavy atom. The van der Waals surface area contributed by atoms with Crippen LogP contribution in [-0.2, 0) is 11.2 Å². The number of fused-ring (bicyclic) bond motifs is 1. The molecule has 136 valence electrons. The van der Waals surface area contributed by atoms with Crippen molar-refractivity contribution in [1.29, 1.82) is 0 Å². The Balaban J connectivity index is 1.39. The van der Waals surface area contributed by atoms with Crippen LogP contribution in [0.4, 0.5) is 0 Å². The van der Waals surface area contributed by atoms with Crippen LogP contribution in [0.3, 0.4) is 0 Å². The topological polar surface area (TPSA) is 96.3 Å². The summed E-state index contributed by atoms with van der Waals surface area (Å²) >= 11 is 1.35. The van der Waals surface area contributed by atoms with Crippen LogP contribution in [0.2, 0.25) is 0 Å². The molecule has 0 saturated heterocycles. The number of thioether (sulfide) groups is 1. The fourth-order valence-corrected chi connectivity index (χ4v) is 2.91. The lowest BCUT2D eigenvalue weighted by atomic mass is 9.97. The van der Waals surface area contributed by atoms with E-state index in [9.17, 15) is 0 Å². The zero-order valence-electron chi connectivity index (χ0n) is 14.6. The maximum Gasteiger partial charge on any atom is 0.277 e. The van der Waals surface area contributed by atoms with E-state index in [2.05, 4.69) is 20.3 Å². The zero-order chi connectivity index (χ0) is 18.1. The molecular weight excluding hydrogens is 356 g/mol. The molecule has 0 aliphatic carbocycles. The van der Waals surface area contributed by atoms with Gasteiger partial charge < -0.3 is 18.4 Å². The van der Waals surface area contributed by atoms with Crippen LogP contribution in [-0.4, -0.2) is 26.9 Å². The summed E-state index contributed by atoms with van der Waals surface area (Å²) < 4.78 is 22.5. The van der Waals surface area contributed by atoms with Gasteiger partial charge in [0.05, 0.1) is 5.75 Å². The number of hydrogen-bond acceptors (Lipinski definition) is 9. The molecule has 4 rings (SSSR count). The Bertz CT molecular complexity index is 902. The normalized spacial score (nSPS) is 16.7. The Morgan fingerprint density at radius 1 is 1.15 bits per heavy atom. The molecule has 9 heteroatoms. The fourth-order valence-electron chi connectivity index (χ4n) is 2.29. The largest absolute Gasteiger partial charge is 0.485 e. The van der Waals surface area contributed by atoms with Crippen molar-refractivity contribution >= 4 is 11.8 Å². The Morgan fingerprint density at radius 2 is 1.96 bits per heavy atom. The molecule has 0 spiro atoms. The van der Waals surface area contributed by atoms with E-state index >= 15 is 0 Å². The number of rotatable bonds is 4. The predicted octanol–water partition coefficient (Wildman–Crippen LogP) is 3.55. The number of nitrogens with zero attached hydrogens (tertiary/aromatic N) is 4. The van der Waals surface area contributed by atoms with Gasteiger partial charge in [0.25, 0.3) is 11.1 Å². The van der Waals surface area contributed by atoms with Gasteiger partial charge in [-0.15, -0.1) is 10.2 Å². The van der Waals surface area contributed by atoms with Crippen LogP contribution in [0.1, 0.15) is 44.5 Å². The molecule has 1 aliphatic rings. The van der Waals surface area contributed by atoms with Crippen molar-refractivity contribution in [1.82, 2.24) is 20.3 Å². The molecule has 0 radical (unpaired) electrons. The second-order valence-corrected chi connectivity index (χ2v) is 7.75. The van der Waals surface area contributed by atoms with E-state index < -0.39 is 6.10 Å². The van der Waals surface area contributed by atoms with E-state index in [-0.39, 0.29) is 5.41 Å². The summed E-state index contributed by atoms with van der Waals surface area (Å²) in [6, 6.07) is 7.48. The molecule has 1 aromatic carbocycles. The average molecular weight is 374 g/mol. The monoisotopic (exact) mass is 374 g/mol. The van der Waals surface area contributed by atoms with Gasteiger partial charge in [-0.3, -0.25) is 0 Å². The highest BCUT2D eigenvalue weighted by Gasteiger charge is 2.27. The molecule has 8 nitrogen and oxygen atoms in total. The van der Waals surface area contributed by atoms with E-state index in [1.165, 1.54) is 11.8 Å². The smallest absolute Gasteiger partial charge is 0.277 e. The Hall–Kier alpha value is -2.55. The van der Waals surface area contributed by atoms with Gasteiger partial charge in [0, 0.05) is 5.41 Å². The summed E-state index contributed by atoms with van der Waals surface area (Å²) in [4.78, 5) is 4.39. The first-order valence-electron chi connectivity index (χ1n) is 8.17. The van der Waals surface area contributed by atoms with E-state index in [1.807, 2.05) is 45.0 Å². The van der Waals surface area contributed by atoms with Crippen molar-refractivity contribution in [2.24, 2.45) is 0 Å². The summed E-state index contributed by atoms with van der Waals surface area (Å²) in [7, 11) is 0. The van der Waals surface area contributed by atoms with Gasteiger partial charge in [0.15, 0.2) is 17.3 Å². The first-order valence-corrected chi connectivity index (χ1v) is 9.15. The molecule has 26 heavy (non-hydrogen) atoms. The second-order valence-electron chi connectivity index (χ2n) is 6.82. The standard InChI is InChI=1S/C17H18N4O4S/c1-17(2,3)15-18-13(21-25-15)9-26-16-20-19-14(24-16)12-8-22-10-6-4-5-7-11(10)23-12/h4-7,12H,8-9H2,1-3H3. The molecule has 3 aromatic rings. The highest BCUT2D eigenvalue weighted by molar-refractivity contribution is 7.98. The van der Waals surface area contributed by atoms with Crippen LogP contribution in [0.25, 0.3) is 0 Å². The third-order valence-corrected chi connectivity index (χ3v) is 4.46. The molecule has 1 atom stereocenters. The van der Waals surface area contributed by atoms with Crippen LogP contribution in [0.5, 0.6) is 11.5 Å². The molecule has 0 saturated carbocycles. The highest BCUT2D eigenvalue weighted by Crippen LogP contribution is 2.36. The second kappa shape index (κ2) is 6.64. The van der Waals surface area contributed by atoms with Crippen molar-refractivity contribution < 1.29 is 18.4 Å². The van der Waals surface area contributed by atoms with Crippen molar-refractivity contribution in [3.05, 3.63) is 41.9 Å². The molecule has 1 aliphatic heterocycles. The van der Waals surface area contributed by atoms with Gasteiger partial charge in [-0.1, -0.05) is 49.8 Å². The van der Waals surface area contributed by atoms with Crippen molar-refractivity contribution in [3.8, 4) is 11.5 Å². The first-order chi connectivity index (χ1) is 12.5. The molecule has 0 bridgehead atoms. The van der Waals surface area contributed by atoms with Crippen LogP contribution in [0.15, 0.2) is 38.4 Å².